The summed E-state index contributed by atoms with van der Waals surface area (Å²) in [6, 6.07) is 13.4. The topological polar surface area (TPSA) is 43.1 Å². The third-order valence-corrected chi connectivity index (χ3v) is 4.15. The Balaban J connectivity index is 1.99. The first-order chi connectivity index (χ1) is 10.2. The summed E-state index contributed by atoms with van der Waals surface area (Å²) in [5.74, 6) is 0.654. The Labute approximate surface area is 133 Å². The minimum Gasteiger partial charge on any atom is -0.235 e. The molecule has 6 heteroatoms. The average molecular weight is 360 g/mol. The number of halogens is 2. The van der Waals surface area contributed by atoms with Crippen molar-refractivity contribution in [2.24, 2.45) is 0 Å². The lowest BCUT2D eigenvalue weighted by Crippen LogP contribution is -1.91. The van der Waals surface area contributed by atoms with Crippen LogP contribution in [0.15, 0.2) is 53.3 Å². The summed E-state index contributed by atoms with van der Waals surface area (Å²) in [4.78, 5) is 9.05. The zero-order chi connectivity index (χ0) is 14.4. The number of benzene rings is 2. The van der Waals surface area contributed by atoms with E-state index in [1.165, 1.54) is 0 Å². The Morgan fingerprint density at radius 3 is 2.67 bits per heavy atom. The van der Waals surface area contributed by atoms with Crippen LogP contribution in [0.4, 0.5) is 0 Å². The highest BCUT2D eigenvalue weighted by Crippen LogP contribution is 2.26. The number of fused-ring (bicyclic) bond motifs is 3. The molecule has 0 spiro atoms. The molecule has 102 valence electrons. The number of hydrogen-bond acceptors (Lipinski definition) is 3. The van der Waals surface area contributed by atoms with E-state index in [2.05, 4.69) is 31.0 Å². The number of rotatable bonds is 1. The SMILES string of the molecule is Clc1ccc(-c2nc3c4cccc(Br)c4ncn3n2)cc1. The molecular weight excluding hydrogens is 352 g/mol. The molecule has 0 amide bonds. The van der Waals surface area contributed by atoms with E-state index >= 15 is 0 Å². The summed E-state index contributed by atoms with van der Waals surface area (Å²) >= 11 is 9.42. The van der Waals surface area contributed by atoms with Crippen molar-refractivity contribution in [1.29, 1.82) is 0 Å². The molecule has 4 aromatic rings. The third kappa shape index (κ3) is 2.09. The van der Waals surface area contributed by atoms with Gasteiger partial charge in [-0.3, -0.25) is 0 Å². The van der Waals surface area contributed by atoms with Crippen molar-refractivity contribution in [2.75, 3.05) is 0 Å². The van der Waals surface area contributed by atoms with Crippen molar-refractivity contribution in [3.05, 3.63) is 58.3 Å². The number of hydrogen-bond donors (Lipinski definition) is 0. The van der Waals surface area contributed by atoms with E-state index in [-0.39, 0.29) is 0 Å². The van der Waals surface area contributed by atoms with Crippen molar-refractivity contribution in [3.63, 3.8) is 0 Å². The fourth-order valence-electron chi connectivity index (χ4n) is 2.25. The highest BCUT2D eigenvalue weighted by Gasteiger charge is 2.11. The van der Waals surface area contributed by atoms with E-state index in [4.69, 9.17) is 11.6 Å². The zero-order valence-electron chi connectivity index (χ0n) is 10.7. The Bertz CT molecular complexity index is 963. The number of para-hydroxylation sites is 1. The first kappa shape index (κ1) is 12.7. The van der Waals surface area contributed by atoms with E-state index in [1.807, 2.05) is 42.5 Å². The molecule has 0 saturated carbocycles. The lowest BCUT2D eigenvalue weighted by molar-refractivity contribution is 0.938. The Morgan fingerprint density at radius 1 is 1.05 bits per heavy atom. The summed E-state index contributed by atoms with van der Waals surface area (Å²) < 4.78 is 2.64. The van der Waals surface area contributed by atoms with Gasteiger partial charge in [0, 0.05) is 20.4 Å². The average Bonchev–Trinajstić information content (AvgIpc) is 2.93. The number of aromatic nitrogens is 4. The molecule has 0 atom stereocenters. The van der Waals surface area contributed by atoms with Crippen molar-refractivity contribution in [2.45, 2.75) is 0 Å². The smallest absolute Gasteiger partial charge is 0.182 e. The highest BCUT2D eigenvalue weighted by molar-refractivity contribution is 9.10. The van der Waals surface area contributed by atoms with Crippen LogP contribution < -0.4 is 0 Å². The Morgan fingerprint density at radius 2 is 1.86 bits per heavy atom. The predicted molar refractivity (Wildman–Crippen MR) is 86.4 cm³/mol. The van der Waals surface area contributed by atoms with Gasteiger partial charge in [-0.1, -0.05) is 17.7 Å². The molecular formula is C15H8BrClN4. The van der Waals surface area contributed by atoms with Gasteiger partial charge in [0.25, 0.3) is 0 Å². The quantitative estimate of drug-likeness (QED) is 0.507. The monoisotopic (exact) mass is 358 g/mol. The van der Waals surface area contributed by atoms with E-state index in [1.54, 1.807) is 10.8 Å². The molecule has 0 radical (unpaired) electrons. The lowest BCUT2D eigenvalue weighted by Gasteiger charge is -1.99. The lowest BCUT2D eigenvalue weighted by atomic mass is 10.2. The predicted octanol–water partition coefficient (Wildman–Crippen LogP) is 4.36. The van der Waals surface area contributed by atoms with Crippen LogP contribution in [0.5, 0.6) is 0 Å². The maximum absolute atomic E-state index is 5.91. The van der Waals surface area contributed by atoms with Crippen LogP contribution in [0.25, 0.3) is 27.9 Å². The summed E-state index contributed by atoms with van der Waals surface area (Å²) in [6.07, 6.45) is 1.68. The first-order valence-corrected chi connectivity index (χ1v) is 7.45. The van der Waals surface area contributed by atoms with Crippen molar-refractivity contribution < 1.29 is 0 Å². The molecule has 0 saturated heterocycles. The fourth-order valence-corrected chi connectivity index (χ4v) is 2.84. The van der Waals surface area contributed by atoms with Crippen LogP contribution in [0, 0.1) is 0 Å². The van der Waals surface area contributed by atoms with Crippen molar-refractivity contribution in [1.82, 2.24) is 19.6 Å². The van der Waals surface area contributed by atoms with Gasteiger partial charge >= 0.3 is 0 Å². The van der Waals surface area contributed by atoms with E-state index in [9.17, 15) is 0 Å². The molecule has 4 rings (SSSR count). The van der Waals surface area contributed by atoms with Gasteiger partial charge in [-0.05, 0) is 52.3 Å². The second-order valence-electron chi connectivity index (χ2n) is 4.59. The van der Waals surface area contributed by atoms with E-state index in [0.717, 1.165) is 26.6 Å². The van der Waals surface area contributed by atoms with Gasteiger partial charge < -0.3 is 0 Å². The Kier molecular flexibility index (Phi) is 2.90. The molecule has 2 heterocycles. The van der Waals surface area contributed by atoms with Crippen LogP contribution in [-0.2, 0) is 0 Å². The minimum atomic E-state index is 0.654. The van der Waals surface area contributed by atoms with Gasteiger partial charge in [0.05, 0.1) is 5.52 Å². The van der Waals surface area contributed by atoms with E-state index in [0.29, 0.717) is 10.8 Å². The van der Waals surface area contributed by atoms with Gasteiger partial charge in [0.2, 0.25) is 0 Å². The molecule has 0 fully saturated rings. The maximum Gasteiger partial charge on any atom is 0.182 e. The minimum absolute atomic E-state index is 0.654. The molecule has 0 bridgehead atoms. The van der Waals surface area contributed by atoms with Crippen LogP contribution in [0.3, 0.4) is 0 Å². The second kappa shape index (κ2) is 4.79. The largest absolute Gasteiger partial charge is 0.235 e. The van der Waals surface area contributed by atoms with Crippen LogP contribution in [0.1, 0.15) is 0 Å². The third-order valence-electron chi connectivity index (χ3n) is 3.26. The standard InChI is InChI=1S/C15H8BrClN4/c16-12-3-1-2-11-13(12)18-8-21-15(11)19-14(20-21)9-4-6-10(17)7-5-9/h1-8H. The summed E-state index contributed by atoms with van der Waals surface area (Å²) in [5, 5.41) is 6.13. The van der Waals surface area contributed by atoms with Gasteiger partial charge in [-0.2, -0.15) is 0 Å². The second-order valence-corrected chi connectivity index (χ2v) is 5.88. The molecule has 4 nitrogen and oxygen atoms in total. The van der Waals surface area contributed by atoms with Gasteiger partial charge in [-0.25, -0.2) is 14.5 Å². The molecule has 0 aliphatic heterocycles. The van der Waals surface area contributed by atoms with Crippen LogP contribution in [0.2, 0.25) is 5.02 Å². The van der Waals surface area contributed by atoms with Crippen LogP contribution >= 0.6 is 27.5 Å². The van der Waals surface area contributed by atoms with Crippen molar-refractivity contribution in [3.8, 4) is 11.4 Å². The molecule has 2 aromatic heterocycles. The molecule has 0 aliphatic rings. The van der Waals surface area contributed by atoms with Gasteiger partial charge in [0.15, 0.2) is 11.5 Å². The molecule has 0 aliphatic carbocycles. The first-order valence-electron chi connectivity index (χ1n) is 6.28. The molecule has 2 aromatic carbocycles. The van der Waals surface area contributed by atoms with E-state index < -0.39 is 0 Å². The van der Waals surface area contributed by atoms with Gasteiger partial charge in [0.1, 0.15) is 6.33 Å². The van der Waals surface area contributed by atoms with Crippen molar-refractivity contribution >= 4 is 44.1 Å². The molecule has 0 unspecified atom stereocenters. The summed E-state index contributed by atoms with van der Waals surface area (Å²) in [5.41, 5.74) is 2.58. The molecule has 21 heavy (non-hydrogen) atoms. The van der Waals surface area contributed by atoms with Crippen LogP contribution in [-0.4, -0.2) is 19.6 Å². The number of nitrogens with zero attached hydrogens (tertiary/aromatic N) is 4. The Hall–Kier alpha value is -1.98. The normalized spacial score (nSPS) is 11.3. The van der Waals surface area contributed by atoms with Gasteiger partial charge in [-0.15, -0.1) is 5.10 Å². The fraction of sp³-hybridized carbons (Fsp3) is 0. The summed E-state index contributed by atoms with van der Waals surface area (Å²) in [7, 11) is 0. The highest BCUT2D eigenvalue weighted by atomic mass is 79.9. The molecule has 0 N–H and O–H groups in total. The zero-order valence-corrected chi connectivity index (χ0v) is 13.0. The maximum atomic E-state index is 5.91. The summed E-state index contributed by atoms with van der Waals surface area (Å²) in [6.45, 7) is 0.